The van der Waals surface area contributed by atoms with Gasteiger partial charge in [-0.2, -0.15) is 67.3 Å². The van der Waals surface area contributed by atoms with Gasteiger partial charge in [-0.25, -0.2) is 0 Å². The van der Waals surface area contributed by atoms with E-state index < -0.39 is 242 Å². The topological polar surface area (TPSA) is 707 Å². The average molecular weight is 1440 g/mol. The fourth-order valence-electron chi connectivity index (χ4n) is 8.29. The second-order valence-electron chi connectivity index (χ2n) is 17.9. The Morgan fingerprint density at radius 3 is 1.10 bits per heavy atom. The largest absolute Gasteiger partial charge is 0.505 e. The number of rotatable bonds is 18. The van der Waals surface area contributed by atoms with E-state index in [-0.39, 0.29) is 30.3 Å². The van der Waals surface area contributed by atoms with Gasteiger partial charge in [0.1, 0.15) is 84.7 Å². The highest BCUT2D eigenvalue weighted by molar-refractivity contribution is 7.88. The van der Waals surface area contributed by atoms with E-state index in [1.54, 1.807) is 0 Å². The number of phenolic OH excluding ortho intramolecular Hbond substituents is 3. The van der Waals surface area contributed by atoms with Crippen molar-refractivity contribution in [3.63, 3.8) is 0 Å². The van der Waals surface area contributed by atoms with Crippen LogP contribution in [0.5, 0.6) is 17.2 Å². The van der Waals surface area contributed by atoms with E-state index in [0.29, 0.717) is 54.6 Å². The molecule has 42 nitrogen and oxygen atoms in total. The van der Waals surface area contributed by atoms with Gasteiger partial charge in [-0.1, -0.05) is 0 Å². The van der Waals surface area contributed by atoms with Crippen molar-refractivity contribution in [1.29, 1.82) is 0 Å². The molecule has 8 aromatic carbocycles. The highest BCUT2D eigenvalue weighted by Gasteiger charge is 2.33. The number of anilines is 1. The van der Waals surface area contributed by atoms with Crippen molar-refractivity contribution in [2.24, 2.45) is 40.9 Å². The van der Waals surface area contributed by atoms with Gasteiger partial charge in [-0.15, -0.1) is 40.9 Å². The molecule has 0 amide bonds. The van der Waals surface area contributed by atoms with Crippen LogP contribution in [0.1, 0.15) is 0 Å². The smallest absolute Gasteiger partial charge is 0.297 e. The number of nitro groups is 2. The number of phenols is 3. The quantitative estimate of drug-likeness (QED) is 0.0132. The SMILES string of the molecule is Nc1c(N=Nc2cc3c(O)c(N=Nc4ccc([N+](=O)[O-])cc4S(=O)(=O)O)c(S(=O)(=O)O)cc3cc2S(=O)(=O)O)cc(S(=O)(=O)O)c2cc(S(=O)(=O)O)c(N=Nc3ccc4c(O)c(N=Nc5ccc([N+](=O)[O-])cc5S(=O)(=O)O)c(S(=O)(=O)O)cc4c3S(=O)(=O)O)c(O)c12. The molecule has 0 radical (unpaired) electrons. The Balaban J connectivity index is 1.33. The number of nitrogens with two attached hydrogens (primary N) is 1. The highest BCUT2D eigenvalue weighted by atomic mass is 32.2. The Morgan fingerprint density at radius 2 is 0.674 bits per heavy atom. The van der Waals surface area contributed by atoms with Gasteiger partial charge in [0.2, 0.25) is 0 Å². The summed E-state index contributed by atoms with van der Waals surface area (Å²) in [6.45, 7) is 0. The molecule has 0 fully saturated rings. The van der Waals surface area contributed by atoms with Crippen molar-refractivity contribution in [1.82, 2.24) is 0 Å². The lowest BCUT2D eigenvalue weighted by molar-refractivity contribution is -0.385. The Morgan fingerprint density at radius 1 is 0.326 bits per heavy atom. The Hall–Kier alpha value is -9.78. The van der Waals surface area contributed by atoms with Crippen molar-refractivity contribution in [2.75, 3.05) is 5.73 Å². The Kier molecular flexibility index (Phi) is 17.2. The molecule has 0 heterocycles. The predicted octanol–water partition coefficient (Wildman–Crippen LogP) is 7.30. The molecule has 0 aliphatic rings. The molecule has 484 valence electrons. The molecule has 0 aliphatic heterocycles. The van der Waals surface area contributed by atoms with Crippen molar-refractivity contribution < 1.29 is 129 Å². The fraction of sp³-hybridized carbons (Fsp3) is 0. The van der Waals surface area contributed by atoms with E-state index in [2.05, 4.69) is 40.9 Å². The minimum atomic E-state index is -5.92. The summed E-state index contributed by atoms with van der Waals surface area (Å²) in [7, 11) is -45.5. The van der Waals surface area contributed by atoms with E-state index in [0.717, 1.165) is 0 Å². The van der Waals surface area contributed by atoms with Crippen molar-refractivity contribution in [2.45, 2.75) is 39.2 Å². The van der Waals surface area contributed by atoms with Crippen LogP contribution in [0, 0.1) is 20.2 Å². The lowest BCUT2D eigenvalue weighted by Crippen LogP contribution is -2.04. The molecule has 8 rings (SSSR count). The molecule has 13 N–H and O–H groups in total. The maximum atomic E-state index is 13.1. The van der Waals surface area contributed by atoms with Gasteiger partial charge in [-0.05, 0) is 66.0 Å². The molecular weight excluding hydrogens is 1410 g/mol. The third-order valence-corrected chi connectivity index (χ3v) is 19.3. The first-order chi connectivity index (χ1) is 42.0. The number of azo groups is 4. The third-order valence-electron chi connectivity index (χ3n) is 12.2. The average Bonchev–Trinajstić information content (AvgIpc) is 0.743. The zero-order valence-electron chi connectivity index (χ0n) is 43.5. The number of hydrogen-bond acceptors (Lipinski definition) is 32. The molecule has 0 aliphatic carbocycles. The summed E-state index contributed by atoms with van der Waals surface area (Å²) in [6, 6.07) is 5.82. The minimum Gasteiger partial charge on any atom is -0.505 e. The lowest BCUT2D eigenvalue weighted by Gasteiger charge is -2.15. The van der Waals surface area contributed by atoms with Gasteiger partial charge in [-0.3, -0.25) is 56.7 Å². The van der Waals surface area contributed by atoms with Crippen molar-refractivity contribution >= 4 is 176 Å². The van der Waals surface area contributed by atoms with E-state index in [9.17, 15) is 139 Å². The second kappa shape index (κ2) is 23.2. The van der Waals surface area contributed by atoms with E-state index in [1.165, 1.54) is 0 Å². The normalized spacial score (nSPS) is 13.4. The highest BCUT2D eigenvalue weighted by Crippen LogP contribution is 2.51. The summed E-state index contributed by atoms with van der Waals surface area (Å²) in [5.41, 5.74) is -6.51. The first-order valence-corrected chi connectivity index (χ1v) is 34.4. The number of nitrogens with zero attached hydrogens (tertiary/aromatic N) is 10. The summed E-state index contributed by atoms with van der Waals surface area (Å²) in [5, 5.41) is 78.6. The molecule has 0 unspecified atom stereocenters. The number of hydrogen-bond donors (Lipinski definition) is 12. The van der Waals surface area contributed by atoms with Gasteiger partial charge in [0.05, 0.1) is 20.9 Å². The monoisotopic (exact) mass is 1440 g/mol. The van der Waals surface area contributed by atoms with Crippen LogP contribution in [0.3, 0.4) is 0 Å². The molecule has 50 heteroatoms. The molecule has 0 atom stereocenters. The van der Waals surface area contributed by atoms with Crippen molar-refractivity contribution in [3.05, 3.63) is 105 Å². The zero-order valence-corrected chi connectivity index (χ0v) is 50.0. The number of nitro benzene ring substituents is 2. The van der Waals surface area contributed by atoms with Gasteiger partial charge in [0, 0.05) is 45.8 Å². The molecule has 0 saturated carbocycles. The standard InChI is InChI=1S/C42H27N11O31S8/c43-35-26(48-47-25-11-19-15(7-28(25)86(64,65)66)8-31(89(73,74)75)36(40(19)55)49-44-22-4-1-16(52(57)58)9-29(22)87(67,68)69)14-27(85(61,62)63)21-13-33(91(79,80)81)38(41(56)34(21)35)51-46-24-6-3-18-20(42(24)92(82,83)84)12-32(90(76,77)78)37(39(18)54)50-45-23-5-2-17(53(59)60)10-30(23)88(70,71)72/h1-14,54-56H,43H2,(H,61,62,63)(H,64,65,66)(H,67,68,69)(H,70,71,72)(H,73,74,75)(H,76,77,78)(H,79,80,81)(H,82,83,84). The molecule has 0 bridgehead atoms. The second-order valence-corrected chi connectivity index (χ2v) is 29.0. The van der Waals surface area contributed by atoms with Crippen LogP contribution < -0.4 is 5.73 Å². The van der Waals surface area contributed by atoms with Gasteiger partial charge >= 0.3 is 0 Å². The van der Waals surface area contributed by atoms with Crippen molar-refractivity contribution in [3.8, 4) is 17.2 Å². The number of nitrogen functional groups attached to an aromatic ring is 1. The fourth-order valence-corrected chi connectivity index (χ4v) is 13.7. The zero-order chi connectivity index (χ0) is 68.9. The summed E-state index contributed by atoms with van der Waals surface area (Å²) in [5.74, 6) is -4.65. The summed E-state index contributed by atoms with van der Waals surface area (Å²) >= 11 is 0. The molecule has 0 aromatic heterocycles. The van der Waals surface area contributed by atoms with E-state index in [4.69, 9.17) is 5.73 Å². The Bertz CT molecular complexity index is 5810. The van der Waals surface area contributed by atoms with Gasteiger partial charge in [0.15, 0.2) is 17.2 Å². The number of non-ortho nitro benzene ring substituents is 2. The number of benzene rings is 8. The molecule has 0 saturated heterocycles. The molecule has 0 spiro atoms. The first kappa shape index (κ1) is 68.1. The van der Waals surface area contributed by atoms with Crippen LogP contribution >= 0.6 is 0 Å². The summed E-state index contributed by atoms with van der Waals surface area (Å²) in [4.78, 5) is 8.42. The maximum absolute atomic E-state index is 13.1. The van der Waals surface area contributed by atoms with Gasteiger partial charge < -0.3 is 21.1 Å². The van der Waals surface area contributed by atoms with Gasteiger partial charge in [0.25, 0.3) is 92.3 Å². The van der Waals surface area contributed by atoms with Crippen LogP contribution in [-0.4, -0.2) is 129 Å². The third kappa shape index (κ3) is 13.5. The number of aromatic hydroxyl groups is 3. The lowest BCUT2D eigenvalue weighted by atomic mass is 10.0. The summed E-state index contributed by atoms with van der Waals surface area (Å²) in [6.07, 6.45) is 0. The number of fused-ring (bicyclic) bond motifs is 3. The van der Waals surface area contributed by atoms with E-state index >= 15 is 0 Å². The summed E-state index contributed by atoms with van der Waals surface area (Å²) < 4.78 is 284. The molecular formula is C42H27N11O31S8. The first-order valence-electron chi connectivity index (χ1n) is 22.8. The van der Waals surface area contributed by atoms with Crippen LogP contribution in [0.2, 0.25) is 0 Å². The Labute approximate surface area is 510 Å². The maximum Gasteiger partial charge on any atom is 0.297 e. The molecule has 92 heavy (non-hydrogen) atoms. The van der Waals surface area contributed by atoms with Crippen LogP contribution in [0.4, 0.5) is 62.6 Å². The van der Waals surface area contributed by atoms with Crippen LogP contribution in [-0.2, 0) is 80.9 Å². The van der Waals surface area contributed by atoms with Crippen LogP contribution in [0.15, 0.2) is 165 Å². The molecule has 8 aromatic rings. The van der Waals surface area contributed by atoms with Crippen LogP contribution in [0.25, 0.3) is 32.3 Å². The minimum absolute atomic E-state index is 0.134. The predicted molar refractivity (Wildman–Crippen MR) is 303 cm³/mol. The van der Waals surface area contributed by atoms with E-state index in [1.807, 2.05) is 0 Å².